The highest BCUT2D eigenvalue weighted by molar-refractivity contribution is 6.30. The van der Waals surface area contributed by atoms with Gasteiger partial charge in [0.05, 0.1) is 34.5 Å². The first-order valence-corrected chi connectivity index (χ1v) is 13.8. The smallest absolute Gasteiger partial charge is 0.282 e. The van der Waals surface area contributed by atoms with Crippen LogP contribution in [0.5, 0.6) is 11.5 Å². The number of methoxy groups -OCH3 is 1. The number of fused-ring (bicyclic) bond motifs is 2. The maximum atomic E-state index is 13.7. The Bertz CT molecular complexity index is 2170. The van der Waals surface area contributed by atoms with Gasteiger partial charge in [-0.05, 0) is 60.7 Å². The number of nitro benzene ring substituents is 1. The van der Waals surface area contributed by atoms with Crippen molar-refractivity contribution >= 4 is 57.0 Å². The van der Waals surface area contributed by atoms with E-state index in [-0.39, 0.29) is 28.6 Å². The van der Waals surface area contributed by atoms with Crippen molar-refractivity contribution in [2.24, 2.45) is 5.10 Å². The molecule has 4 aromatic carbocycles. The molecule has 1 amide bonds. The van der Waals surface area contributed by atoms with Crippen LogP contribution < -0.4 is 20.3 Å². The fourth-order valence-electron chi connectivity index (χ4n) is 4.59. The minimum atomic E-state index is -0.578. The number of hydrogen-bond donors (Lipinski definition) is 1. The van der Waals surface area contributed by atoms with E-state index in [0.29, 0.717) is 38.3 Å². The van der Waals surface area contributed by atoms with Crippen molar-refractivity contribution in [3.63, 3.8) is 0 Å². The molecule has 224 valence electrons. The predicted octanol–water partition coefficient (Wildman–Crippen LogP) is 6.28. The van der Waals surface area contributed by atoms with Gasteiger partial charge in [0.15, 0.2) is 12.4 Å². The van der Waals surface area contributed by atoms with Crippen molar-refractivity contribution in [1.29, 1.82) is 0 Å². The molecule has 0 saturated carbocycles. The second-order valence-electron chi connectivity index (χ2n) is 9.62. The molecule has 6 rings (SSSR count). The number of halogens is 1. The molecule has 0 aliphatic rings. The lowest BCUT2D eigenvalue weighted by Gasteiger charge is -2.10. The van der Waals surface area contributed by atoms with Gasteiger partial charge in [-0.3, -0.25) is 19.7 Å². The number of hydrogen-bond acceptors (Lipinski definition) is 9. The molecule has 0 unspecified atom stereocenters. The fourth-order valence-corrected chi connectivity index (χ4v) is 4.71. The molecule has 2 aromatic heterocycles. The number of carbonyl (C=O) groups excluding carboxylic acids is 1. The maximum absolute atomic E-state index is 13.7. The number of ether oxygens (including phenoxy) is 2. The van der Waals surface area contributed by atoms with Crippen LogP contribution in [0.25, 0.3) is 33.5 Å². The number of benzene rings is 4. The molecule has 0 aliphatic heterocycles. The third-order valence-corrected chi connectivity index (χ3v) is 6.97. The van der Waals surface area contributed by atoms with Gasteiger partial charge in [0.1, 0.15) is 17.1 Å². The number of amides is 1. The topological polar surface area (TPSA) is 151 Å². The van der Waals surface area contributed by atoms with Crippen molar-refractivity contribution in [2.45, 2.75) is 0 Å². The molecule has 6 aromatic rings. The molecule has 0 bridgehead atoms. The second kappa shape index (κ2) is 12.3. The summed E-state index contributed by atoms with van der Waals surface area (Å²) in [7, 11) is 1.54. The third-order valence-electron chi connectivity index (χ3n) is 6.72. The summed E-state index contributed by atoms with van der Waals surface area (Å²) in [5.41, 5.74) is 0.826. The van der Waals surface area contributed by atoms with Crippen LogP contribution in [0.15, 0.2) is 105 Å². The molecule has 13 heteroatoms. The van der Waals surface area contributed by atoms with Crippen LogP contribution in [0.3, 0.4) is 0 Å². The zero-order valence-electron chi connectivity index (χ0n) is 23.5. The number of rotatable bonds is 9. The van der Waals surface area contributed by atoms with Gasteiger partial charge in [0.2, 0.25) is 5.82 Å². The van der Waals surface area contributed by atoms with Gasteiger partial charge in [-0.1, -0.05) is 29.8 Å². The molecule has 0 radical (unpaired) electrons. The molecule has 0 aliphatic carbocycles. The highest BCUT2D eigenvalue weighted by Crippen LogP contribution is 2.33. The number of anilines is 1. The number of non-ortho nitro benzene ring substituents is 1. The molecule has 45 heavy (non-hydrogen) atoms. The lowest BCUT2D eigenvalue weighted by Crippen LogP contribution is -2.21. The quantitative estimate of drug-likeness (QED) is 0.112. The number of nitrogens with zero attached hydrogens (tertiary/aromatic N) is 4. The van der Waals surface area contributed by atoms with Crippen LogP contribution in [-0.2, 0) is 4.79 Å². The van der Waals surface area contributed by atoms with Crippen LogP contribution in [0.2, 0.25) is 5.02 Å². The summed E-state index contributed by atoms with van der Waals surface area (Å²) >= 11 is 5.90. The molecule has 0 saturated heterocycles. The van der Waals surface area contributed by atoms with Crippen molar-refractivity contribution in [3.8, 4) is 23.1 Å². The average molecular weight is 624 g/mol. The van der Waals surface area contributed by atoms with Crippen LogP contribution >= 0.6 is 11.6 Å². The van der Waals surface area contributed by atoms with E-state index in [1.54, 1.807) is 72.8 Å². The number of nitro groups is 1. The molecule has 0 fully saturated rings. The van der Waals surface area contributed by atoms with E-state index in [4.69, 9.17) is 25.5 Å². The van der Waals surface area contributed by atoms with Gasteiger partial charge >= 0.3 is 0 Å². The monoisotopic (exact) mass is 623 g/mol. The normalized spacial score (nSPS) is 11.2. The Kier molecular flexibility index (Phi) is 7.95. The first kappa shape index (κ1) is 29.1. The molecular weight excluding hydrogens is 602 g/mol. The highest BCUT2D eigenvalue weighted by atomic mass is 35.5. The number of nitrogens with one attached hydrogen (secondary N) is 1. The second-order valence-corrected chi connectivity index (χ2v) is 10.1. The summed E-state index contributed by atoms with van der Waals surface area (Å²) in [6.07, 6.45) is 1.23. The lowest BCUT2D eigenvalue weighted by molar-refractivity contribution is -0.384. The Morgan fingerprint density at radius 1 is 1.04 bits per heavy atom. The third kappa shape index (κ3) is 6.08. The Hall–Kier alpha value is -6.01. The summed E-state index contributed by atoms with van der Waals surface area (Å²) < 4.78 is 18.2. The minimum absolute atomic E-state index is 0.0865. The minimum Gasteiger partial charge on any atom is -0.496 e. The zero-order chi connectivity index (χ0) is 31.5. The lowest BCUT2D eigenvalue weighted by atomic mass is 10.2. The maximum Gasteiger partial charge on any atom is 0.282 e. The number of carbonyl (C=O) groups is 1. The summed E-state index contributed by atoms with van der Waals surface area (Å²) in [4.78, 5) is 41.9. The average Bonchev–Trinajstić information content (AvgIpc) is 3.49. The Morgan fingerprint density at radius 3 is 2.62 bits per heavy atom. The number of para-hydroxylation sites is 1. The Labute approximate surface area is 259 Å². The van der Waals surface area contributed by atoms with E-state index in [1.165, 1.54) is 31.5 Å². The van der Waals surface area contributed by atoms with Crippen LogP contribution in [0, 0.1) is 10.1 Å². The summed E-state index contributed by atoms with van der Waals surface area (Å²) in [6.45, 7) is -0.412. The number of aromatic nitrogens is 2. The van der Waals surface area contributed by atoms with Gasteiger partial charge in [-0.15, -0.1) is 0 Å². The van der Waals surface area contributed by atoms with Crippen molar-refractivity contribution in [3.05, 3.63) is 122 Å². The number of furan rings is 1. The first-order valence-electron chi connectivity index (χ1n) is 13.4. The van der Waals surface area contributed by atoms with Gasteiger partial charge in [0, 0.05) is 28.4 Å². The predicted molar refractivity (Wildman–Crippen MR) is 169 cm³/mol. The van der Waals surface area contributed by atoms with Crippen LogP contribution in [0.1, 0.15) is 5.56 Å². The molecular formula is C32H22ClN5O7. The Balaban J connectivity index is 1.39. The van der Waals surface area contributed by atoms with Crippen molar-refractivity contribution in [2.75, 3.05) is 19.0 Å². The van der Waals surface area contributed by atoms with Gasteiger partial charge < -0.3 is 19.2 Å². The van der Waals surface area contributed by atoms with E-state index in [0.717, 1.165) is 4.68 Å². The zero-order valence-corrected chi connectivity index (χ0v) is 24.2. The standard InChI is InChI=1S/C32H22ClN5O7/c1-43-27-7-4-8-28-24(27)16-29(45-28)31-36-25-6-3-2-5-23(25)32(40)37(31)34-17-19-15-22(38(41)42)13-14-26(19)44-18-30(39)35-21-11-9-20(33)10-12-21/h2-17H,18H2,1H3,(H,35,39). The van der Waals surface area contributed by atoms with Gasteiger partial charge in [0.25, 0.3) is 17.2 Å². The van der Waals surface area contributed by atoms with E-state index in [9.17, 15) is 19.7 Å². The fraction of sp³-hybridized carbons (Fsp3) is 0.0625. The van der Waals surface area contributed by atoms with E-state index in [2.05, 4.69) is 15.4 Å². The Morgan fingerprint density at radius 2 is 1.84 bits per heavy atom. The van der Waals surface area contributed by atoms with E-state index >= 15 is 0 Å². The molecule has 0 spiro atoms. The largest absolute Gasteiger partial charge is 0.496 e. The SMILES string of the molecule is COc1cccc2oc(-c3nc4ccccc4c(=O)n3N=Cc3cc([N+](=O)[O-])ccc3OCC(=O)Nc3ccc(Cl)cc3)cc12. The summed E-state index contributed by atoms with van der Waals surface area (Å²) in [6, 6.07) is 24.1. The molecule has 0 atom stereocenters. The first-order chi connectivity index (χ1) is 21.8. The summed E-state index contributed by atoms with van der Waals surface area (Å²) in [5, 5.41) is 20.1. The summed E-state index contributed by atoms with van der Waals surface area (Å²) in [5.74, 6) is 0.537. The van der Waals surface area contributed by atoms with Crippen molar-refractivity contribution < 1.29 is 23.6 Å². The van der Waals surface area contributed by atoms with Gasteiger partial charge in [-0.2, -0.15) is 9.78 Å². The molecule has 2 heterocycles. The molecule has 12 nitrogen and oxygen atoms in total. The van der Waals surface area contributed by atoms with Gasteiger partial charge in [-0.25, -0.2) is 4.98 Å². The van der Waals surface area contributed by atoms with Crippen molar-refractivity contribution in [1.82, 2.24) is 9.66 Å². The van der Waals surface area contributed by atoms with E-state index < -0.39 is 23.0 Å². The molecule has 1 N–H and O–H groups in total. The highest BCUT2D eigenvalue weighted by Gasteiger charge is 2.19. The van der Waals surface area contributed by atoms with Crippen LogP contribution in [0.4, 0.5) is 11.4 Å². The van der Waals surface area contributed by atoms with Crippen LogP contribution in [-0.4, -0.2) is 40.4 Å². The van der Waals surface area contributed by atoms with E-state index in [1.807, 2.05) is 0 Å².